The zero-order valence-electron chi connectivity index (χ0n) is 9.60. The summed E-state index contributed by atoms with van der Waals surface area (Å²) in [6.07, 6.45) is -4.33. The third-order valence-corrected chi connectivity index (χ3v) is 3.02. The van der Waals surface area contributed by atoms with Crippen LogP contribution in [0.1, 0.15) is 16.8 Å². The molecule has 0 saturated heterocycles. The quantitative estimate of drug-likeness (QED) is 0.818. The van der Waals surface area contributed by atoms with Crippen molar-refractivity contribution < 1.29 is 13.2 Å². The lowest BCUT2D eigenvalue weighted by molar-refractivity contribution is -0.143. The van der Waals surface area contributed by atoms with Crippen LogP contribution in [0.2, 0.25) is 0 Å². The Morgan fingerprint density at radius 3 is 2.47 bits per heavy atom. The molecule has 2 N–H and O–H groups in total. The molecule has 17 heavy (non-hydrogen) atoms. The summed E-state index contributed by atoms with van der Waals surface area (Å²) in [5.41, 5.74) is 6.56. The second-order valence-corrected chi connectivity index (χ2v) is 4.09. The number of nitrogens with two attached hydrogens (primary N) is 1. The normalized spacial score (nSPS) is 12.4. The molecule has 0 aliphatic carbocycles. The number of rotatable bonds is 1. The van der Waals surface area contributed by atoms with Gasteiger partial charge in [-0.2, -0.15) is 13.2 Å². The summed E-state index contributed by atoms with van der Waals surface area (Å²) < 4.78 is 39.8. The van der Waals surface area contributed by atoms with E-state index >= 15 is 0 Å². The van der Waals surface area contributed by atoms with Gasteiger partial charge in [0.1, 0.15) is 5.69 Å². The summed E-state index contributed by atoms with van der Waals surface area (Å²) >= 11 is 0. The summed E-state index contributed by atoms with van der Waals surface area (Å²) in [6.45, 7) is 1.82. The monoisotopic (exact) mass is 242 g/mol. The van der Waals surface area contributed by atoms with Crippen LogP contribution in [-0.4, -0.2) is 4.57 Å². The number of benzene rings is 1. The number of alkyl halides is 3. The highest BCUT2D eigenvalue weighted by Crippen LogP contribution is 2.37. The Labute approximate surface area is 96.8 Å². The Kier molecular flexibility index (Phi) is 2.66. The van der Waals surface area contributed by atoms with Crippen LogP contribution in [0.25, 0.3) is 10.9 Å². The Balaban J connectivity index is 2.81. The molecular formula is C12H13F3N2. The third kappa shape index (κ3) is 1.80. The topological polar surface area (TPSA) is 30.9 Å². The van der Waals surface area contributed by atoms with E-state index in [2.05, 4.69) is 0 Å². The smallest absolute Gasteiger partial charge is 0.340 e. The van der Waals surface area contributed by atoms with Gasteiger partial charge in [-0.15, -0.1) is 0 Å². The number of hydrogen-bond donors (Lipinski definition) is 1. The van der Waals surface area contributed by atoms with Crippen LogP contribution >= 0.6 is 0 Å². The summed E-state index contributed by atoms with van der Waals surface area (Å²) in [4.78, 5) is 0. The van der Waals surface area contributed by atoms with Gasteiger partial charge >= 0.3 is 6.18 Å². The van der Waals surface area contributed by atoms with E-state index in [-0.39, 0.29) is 5.56 Å². The van der Waals surface area contributed by atoms with Crippen LogP contribution in [0.4, 0.5) is 13.2 Å². The van der Waals surface area contributed by atoms with E-state index < -0.39 is 11.9 Å². The van der Waals surface area contributed by atoms with E-state index in [4.69, 9.17) is 5.73 Å². The maximum absolute atomic E-state index is 12.9. The zero-order chi connectivity index (χ0) is 12.8. The molecule has 0 aliphatic heterocycles. The van der Waals surface area contributed by atoms with Gasteiger partial charge in [0, 0.05) is 24.5 Å². The molecule has 0 fully saturated rings. The van der Waals surface area contributed by atoms with Gasteiger partial charge in [-0.3, -0.25) is 0 Å². The van der Waals surface area contributed by atoms with Crippen molar-refractivity contribution >= 4 is 10.9 Å². The van der Waals surface area contributed by atoms with Gasteiger partial charge in [-0.05, 0) is 30.2 Å². The second-order valence-electron chi connectivity index (χ2n) is 4.09. The van der Waals surface area contributed by atoms with Crippen molar-refractivity contribution in [3.05, 3.63) is 35.0 Å². The van der Waals surface area contributed by atoms with Crippen LogP contribution in [0.15, 0.2) is 18.2 Å². The lowest BCUT2D eigenvalue weighted by atomic mass is 10.1. The minimum atomic E-state index is -4.33. The van der Waals surface area contributed by atoms with Gasteiger partial charge in [0.15, 0.2) is 0 Å². The van der Waals surface area contributed by atoms with Crippen LogP contribution in [0.3, 0.4) is 0 Å². The predicted octanol–water partition coefficient (Wildman–Crippen LogP) is 2.96. The summed E-state index contributed by atoms with van der Waals surface area (Å²) in [5.74, 6) is 0. The number of halogens is 3. The summed E-state index contributed by atoms with van der Waals surface area (Å²) in [5, 5.41) is 0.614. The zero-order valence-corrected chi connectivity index (χ0v) is 9.60. The highest BCUT2D eigenvalue weighted by Gasteiger charge is 2.36. The molecule has 0 radical (unpaired) electrons. The van der Waals surface area contributed by atoms with Crippen LogP contribution in [0, 0.1) is 6.92 Å². The molecule has 1 aromatic heterocycles. The fourth-order valence-corrected chi connectivity index (χ4v) is 2.21. The molecule has 0 unspecified atom stereocenters. The van der Waals surface area contributed by atoms with E-state index in [1.54, 1.807) is 18.2 Å². The molecule has 2 nitrogen and oxygen atoms in total. The standard InChI is InChI=1S/C12H13F3N2/c1-7-9-5-8(6-16)3-4-10(9)17(2)11(7)12(13,14)15/h3-5H,6,16H2,1-2H3. The minimum absolute atomic E-state index is 0.255. The molecule has 5 heteroatoms. The van der Waals surface area contributed by atoms with Crippen molar-refractivity contribution in [2.24, 2.45) is 12.8 Å². The molecule has 1 heterocycles. The fraction of sp³-hybridized carbons (Fsp3) is 0.333. The van der Waals surface area contributed by atoms with E-state index in [0.717, 1.165) is 5.56 Å². The first-order valence-electron chi connectivity index (χ1n) is 5.21. The minimum Gasteiger partial charge on any atom is -0.340 e. The SMILES string of the molecule is Cc1c(C(F)(F)F)n(C)c2ccc(CN)cc12. The largest absolute Gasteiger partial charge is 0.431 e. The molecule has 92 valence electrons. The fourth-order valence-electron chi connectivity index (χ4n) is 2.21. The average Bonchev–Trinajstić information content (AvgIpc) is 2.50. The Morgan fingerprint density at radius 1 is 1.29 bits per heavy atom. The molecule has 2 rings (SSSR count). The van der Waals surface area contributed by atoms with Crippen molar-refractivity contribution in [1.29, 1.82) is 0 Å². The van der Waals surface area contributed by atoms with Crippen molar-refractivity contribution in [2.45, 2.75) is 19.6 Å². The van der Waals surface area contributed by atoms with Gasteiger partial charge < -0.3 is 10.3 Å². The van der Waals surface area contributed by atoms with Gasteiger partial charge in [0.25, 0.3) is 0 Å². The van der Waals surface area contributed by atoms with Crippen molar-refractivity contribution in [1.82, 2.24) is 4.57 Å². The average molecular weight is 242 g/mol. The van der Waals surface area contributed by atoms with Gasteiger partial charge in [0.05, 0.1) is 0 Å². The first kappa shape index (κ1) is 12.0. The third-order valence-electron chi connectivity index (χ3n) is 3.02. The lowest BCUT2D eigenvalue weighted by Gasteiger charge is -2.09. The Hall–Kier alpha value is -1.49. The summed E-state index contributed by atoms with van der Waals surface area (Å²) in [7, 11) is 1.43. The number of aryl methyl sites for hydroxylation is 2. The molecule has 0 bridgehead atoms. The lowest BCUT2D eigenvalue weighted by Crippen LogP contribution is -2.12. The Morgan fingerprint density at radius 2 is 1.94 bits per heavy atom. The van der Waals surface area contributed by atoms with E-state index in [9.17, 15) is 13.2 Å². The molecule has 0 atom stereocenters. The second kappa shape index (κ2) is 3.77. The molecule has 0 saturated carbocycles. The molecule has 0 amide bonds. The highest BCUT2D eigenvalue weighted by molar-refractivity contribution is 5.86. The molecular weight excluding hydrogens is 229 g/mol. The molecule has 0 spiro atoms. The molecule has 2 aromatic rings. The van der Waals surface area contributed by atoms with Gasteiger partial charge in [0.2, 0.25) is 0 Å². The predicted molar refractivity (Wildman–Crippen MR) is 60.5 cm³/mol. The molecule has 1 aromatic carbocycles. The highest BCUT2D eigenvalue weighted by atomic mass is 19.4. The maximum atomic E-state index is 12.9. The van der Waals surface area contributed by atoms with Crippen molar-refractivity contribution in [3.8, 4) is 0 Å². The van der Waals surface area contributed by atoms with Crippen LogP contribution in [-0.2, 0) is 19.8 Å². The number of hydrogen-bond acceptors (Lipinski definition) is 1. The summed E-state index contributed by atoms with van der Waals surface area (Å²) in [6, 6.07) is 5.15. The van der Waals surface area contributed by atoms with E-state index in [1.807, 2.05) is 0 Å². The number of nitrogens with zero attached hydrogens (tertiary/aromatic N) is 1. The first-order valence-corrected chi connectivity index (χ1v) is 5.21. The Bertz CT molecular complexity index is 567. The first-order chi connectivity index (χ1) is 7.86. The van der Waals surface area contributed by atoms with E-state index in [1.165, 1.54) is 18.5 Å². The molecule has 0 aliphatic rings. The van der Waals surface area contributed by atoms with Crippen LogP contribution < -0.4 is 5.73 Å². The van der Waals surface area contributed by atoms with Gasteiger partial charge in [-0.1, -0.05) is 6.07 Å². The van der Waals surface area contributed by atoms with Crippen molar-refractivity contribution in [2.75, 3.05) is 0 Å². The number of aromatic nitrogens is 1. The maximum Gasteiger partial charge on any atom is 0.431 e. The van der Waals surface area contributed by atoms with Gasteiger partial charge in [-0.25, -0.2) is 0 Å². The number of fused-ring (bicyclic) bond motifs is 1. The van der Waals surface area contributed by atoms with Crippen LogP contribution in [0.5, 0.6) is 0 Å². The van der Waals surface area contributed by atoms with E-state index in [0.29, 0.717) is 17.4 Å². The van der Waals surface area contributed by atoms with Crippen molar-refractivity contribution in [3.63, 3.8) is 0 Å².